The first-order valence-corrected chi connectivity index (χ1v) is 11.8. The Labute approximate surface area is 217 Å². The fourth-order valence-corrected chi connectivity index (χ4v) is 3.96. The number of carbonyl (C=O) groups is 2. The van der Waals surface area contributed by atoms with Crippen LogP contribution in [0.3, 0.4) is 0 Å². The van der Waals surface area contributed by atoms with E-state index in [1.165, 1.54) is 35.3 Å². The molecular formula is C25H24ClFN6O4. The zero-order valence-electron chi connectivity index (χ0n) is 19.9. The van der Waals surface area contributed by atoms with E-state index in [4.69, 9.17) is 21.1 Å². The number of rotatable bonds is 12. The van der Waals surface area contributed by atoms with Gasteiger partial charge < -0.3 is 14.8 Å². The van der Waals surface area contributed by atoms with Crippen molar-refractivity contribution in [3.8, 4) is 17.5 Å². The summed E-state index contributed by atoms with van der Waals surface area (Å²) in [5, 5.41) is 23.9. The highest BCUT2D eigenvalue weighted by Gasteiger charge is 2.50. The molecule has 2 N–H and O–H groups in total. The molecule has 0 aliphatic heterocycles. The van der Waals surface area contributed by atoms with Crippen molar-refractivity contribution in [1.82, 2.24) is 25.6 Å². The molecule has 1 heterocycles. The molecule has 12 heteroatoms. The van der Waals surface area contributed by atoms with Gasteiger partial charge in [0.15, 0.2) is 17.6 Å². The summed E-state index contributed by atoms with van der Waals surface area (Å²) in [6, 6.07) is 12.6. The maximum absolute atomic E-state index is 13.2. The molecule has 192 valence electrons. The largest absolute Gasteiger partial charge is 0.490 e. The van der Waals surface area contributed by atoms with Crippen LogP contribution in [-0.4, -0.2) is 58.7 Å². The van der Waals surface area contributed by atoms with E-state index in [-0.39, 0.29) is 12.1 Å². The molecule has 0 unspecified atom stereocenters. The number of hydrogen-bond donors (Lipinski definition) is 2. The Morgan fingerprint density at radius 1 is 1.30 bits per heavy atom. The van der Waals surface area contributed by atoms with Crippen molar-refractivity contribution in [2.75, 3.05) is 20.3 Å². The lowest BCUT2D eigenvalue weighted by Crippen LogP contribution is -2.65. The number of nitriles is 1. The highest BCUT2D eigenvalue weighted by atomic mass is 35.5. The summed E-state index contributed by atoms with van der Waals surface area (Å²) in [4.78, 5) is 26.8. The molecule has 37 heavy (non-hydrogen) atoms. The number of nitrogens with one attached hydrogen (secondary N) is 2. The molecule has 1 aliphatic rings. The molecule has 1 saturated carbocycles. The van der Waals surface area contributed by atoms with Crippen LogP contribution in [0.1, 0.15) is 28.9 Å². The van der Waals surface area contributed by atoms with Crippen LogP contribution in [0.4, 0.5) is 4.39 Å². The van der Waals surface area contributed by atoms with Crippen molar-refractivity contribution in [3.63, 3.8) is 0 Å². The summed E-state index contributed by atoms with van der Waals surface area (Å²) >= 11 is 6.37. The molecule has 1 amide bonds. The molecule has 0 radical (unpaired) electrons. The summed E-state index contributed by atoms with van der Waals surface area (Å²) in [6.45, 7) is 0.707. The van der Waals surface area contributed by atoms with Gasteiger partial charge in [-0.05, 0) is 54.8 Å². The van der Waals surface area contributed by atoms with Crippen molar-refractivity contribution >= 4 is 23.8 Å². The molecule has 0 bridgehead atoms. The summed E-state index contributed by atoms with van der Waals surface area (Å²) in [5.74, 6) is -0.659. The number of ether oxygens (including phenoxy) is 2. The topological polar surface area (TPSA) is 131 Å². The third kappa shape index (κ3) is 6.29. The fourth-order valence-electron chi connectivity index (χ4n) is 3.70. The van der Waals surface area contributed by atoms with Gasteiger partial charge in [-0.25, -0.2) is 4.39 Å². The van der Waals surface area contributed by atoms with E-state index >= 15 is 0 Å². The van der Waals surface area contributed by atoms with Crippen molar-refractivity contribution < 1.29 is 23.5 Å². The second kappa shape index (κ2) is 11.0. The molecule has 0 saturated heterocycles. The van der Waals surface area contributed by atoms with Crippen molar-refractivity contribution in [1.29, 1.82) is 5.26 Å². The lowest BCUT2D eigenvalue weighted by Gasteiger charge is -2.32. The normalized spacial score (nSPS) is 15.3. The first kappa shape index (κ1) is 26.2. The fraction of sp³-hybridized carbons (Fsp3) is 0.320. The van der Waals surface area contributed by atoms with E-state index in [1.54, 1.807) is 25.3 Å². The molecule has 1 atom stereocenters. The monoisotopic (exact) mass is 526 g/mol. The van der Waals surface area contributed by atoms with Crippen LogP contribution >= 0.6 is 11.6 Å². The molecule has 3 aromatic rings. The van der Waals surface area contributed by atoms with Gasteiger partial charge in [0.2, 0.25) is 0 Å². The average molecular weight is 527 g/mol. The van der Waals surface area contributed by atoms with Gasteiger partial charge in [0, 0.05) is 13.5 Å². The molecule has 10 nitrogen and oxygen atoms in total. The lowest BCUT2D eigenvalue weighted by molar-refractivity contribution is -0.114. The molecule has 1 aliphatic carbocycles. The quantitative estimate of drug-likeness (QED) is 0.209. The lowest BCUT2D eigenvalue weighted by atomic mass is 9.98. The van der Waals surface area contributed by atoms with Crippen molar-refractivity contribution in [3.05, 3.63) is 70.8 Å². The number of nitrogens with zero attached hydrogens (tertiary/aromatic N) is 4. The second-order valence-corrected chi connectivity index (χ2v) is 9.05. The summed E-state index contributed by atoms with van der Waals surface area (Å²) in [5.41, 5.74) is -1.58. The van der Waals surface area contributed by atoms with Gasteiger partial charge >= 0.3 is 0 Å². The molecular weight excluding hydrogens is 503 g/mol. The zero-order valence-corrected chi connectivity index (χ0v) is 20.7. The number of benzene rings is 2. The summed E-state index contributed by atoms with van der Waals surface area (Å²) in [7, 11) is 1.56. The minimum absolute atomic E-state index is 0.00413. The number of halogens is 2. The van der Waals surface area contributed by atoms with Gasteiger partial charge in [0.25, 0.3) is 5.91 Å². The van der Waals surface area contributed by atoms with E-state index in [2.05, 4.69) is 26.9 Å². The Bertz CT molecular complexity index is 1320. The maximum atomic E-state index is 13.2. The average Bonchev–Trinajstić information content (AvgIpc) is 3.48. The Hall–Kier alpha value is -3.85. The minimum Gasteiger partial charge on any atom is -0.490 e. The first-order chi connectivity index (χ1) is 17.8. The summed E-state index contributed by atoms with van der Waals surface area (Å²) in [6.07, 6.45) is 2.85. The minimum atomic E-state index is -1.63. The zero-order chi connectivity index (χ0) is 26.5. The predicted octanol–water partition coefficient (Wildman–Crippen LogP) is 2.60. The standard InChI is InChI=1S/C25H24ClFN6O4/c1-36-10-11-37-22-7-2-17(12-20(22)26)13-25(16-34,32-24(15-28)8-9-24)30-23(35)21-14-29-33(31-21)19-5-3-18(27)4-6-19/h2-7,12,14,16,32H,8-11,13H2,1H3,(H,30,35)/t25-/m1/s1. The van der Waals surface area contributed by atoms with Crippen LogP contribution in [-0.2, 0) is 16.0 Å². The number of amides is 1. The van der Waals surface area contributed by atoms with Gasteiger partial charge in [-0.15, -0.1) is 5.10 Å². The van der Waals surface area contributed by atoms with E-state index in [0.29, 0.717) is 54.4 Å². The molecule has 2 aromatic carbocycles. The van der Waals surface area contributed by atoms with Crippen LogP contribution in [0.25, 0.3) is 5.69 Å². The molecule has 0 spiro atoms. The Balaban J connectivity index is 1.56. The molecule has 1 fully saturated rings. The Morgan fingerprint density at radius 2 is 2.05 bits per heavy atom. The van der Waals surface area contributed by atoms with Crippen molar-refractivity contribution in [2.45, 2.75) is 30.5 Å². The smallest absolute Gasteiger partial charge is 0.275 e. The van der Waals surface area contributed by atoms with Crippen LogP contribution in [0.15, 0.2) is 48.7 Å². The SMILES string of the molecule is COCCOc1ccc(C[C@@](C=O)(NC(=O)c2cnn(-c3ccc(F)cc3)n2)NC2(C#N)CC2)cc1Cl. The number of hydrogen-bond acceptors (Lipinski definition) is 8. The highest BCUT2D eigenvalue weighted by molar-refractivity contribution is 6.32. The van der Waals surface area contributed by atoms with Crippen molar-refractivity contribution in [2.24, 2.45) is 0 Å². The van der Waals surface area contributed by atoms with Gasteiger partial charge in [-0.3, -0.25) is 14.9 Å². The third-order valence-corrected chi connectivity index (χ3v) is 6.07. The number of aldehydes is 1. The van der Waals surface area contributed by atoms with Gasteiger partial charge in [0.1, 0.15) is 23.7 Å². The van der Waals surface area contributed by atoms with Gasteiger partial charge in [0.05, 0.1) is 29.6 Å². The van der Waals surface area contributed by atoms with E-state index in [1.807, 2.05) is 0 Å². The Kier molecular flexibility index (Phi) is 7.83. The van der Waals surface area contributed by atoms with Crippen LogP contribution in [0, 0.1) is 17.1 Å². The third-order valence-electron chi connectivity index (χ3n) is 5.77. The van der Waals surface area contributed by atoms with Crippen LogP contribution < -0.4 is 15.4 Å². The number of aromatic nitrogens is 3. The second-order valence-electron chi connectivity index (χ2n) is 8.64. The van der Waals surface area contributed by atoms with Gasteiger partial charge in [-0.1, -0.05) is 17.7 Å². The molecule has 1 aromatic heterocycles. The number of carbonyl (C=O) groups excluding carboxylic acids is 2. The Morgan fingerprint density at radius 3 is 2.68 bits per heavy atom. The highest BCUT2D eigenvalue weighted by Crippen LogP contribution is 2.37. The number of methoxy groups -OCH3 is 1. The summed E-state index contributed by atoms with van der Waals surface area (Å²) < 4.78 is 23.8. The molecule has 4 rings (SSSR count). The van der Waals surface area contributed by atoms with E-state index in [9.17, 15) is 19.2 Å². The maximum Gasteiger partial charge on any atom is 0.275 e. The predicted molar refractivity (Wildman–Crippen MR) is 131 cm³/mol. The van der Waals surface area contributed by atoms with E-state index in [0.717, 1.165) is 0 Å². The van der Waals surface area contributed by atoms with E-state index < -0.39 is 22.9 Å². The first-order valence-electron chi connectivity index (χ1n) is 11.4. The van der Waals surface area contributed by atoms with Gasteiger partial charge in [-0.2, -0.15) is 15.2 Å². The van der Waals surface area contributed by atoms with Crippen LogP contribution in [0.2, 0.25) is 5.02 Å². The van der Waals surface area contributed by atoms with Crippen LogP contribution in [0.5, 0.6) is 5.75 Å².